The lowest BCUT2D eigenvalue weighted by Gasteiger charge is -2.20. The van der Waals surface area contributed by atoms with Crippen LogP contribution < -0.4 is 26.0 Å². The third-order valence-corrected chi connectivity index (χ3v) is 6.98. The first kappa shape index (κ1) is 26.9. The van der Waals surface area contributed by atoms with E-state index in [1.165, 1.54) is 24.4 Å². The van der Waals surface area contributed by atoms with E-state index < -0.39 is 10.0 Å². The zero-order valence-corrected chi connectivity index (χ0v) is 21.0. The highest BCUT2D eigenvalue weighted by atomic mass is 32.2. The fraction of sp³-hybridized carbons (Fsp3) is 0.391. The highest BCUT2D eigenvalue weighted by Gasteiger charge is 2.22. The number of nitrogens with one attached hydrogen (secondary N) is 4. The van der Waals surface area contributed by atoms with Gasteiger partial charge in [0.25, 0.3) is 0 Å². The Morgan fingerprint density at radius 2 is 1.62 bits per heavy atom. The Morgan fingerprint density at radius 1 is 0.912 bits per heavy atom. The summed E-state index contributed by atoms with van der Waals surface area (Å²) in [6.45, 7) is 8.10. The van der Waals surface area contributed by atoms with Crippen LogP contribution in [-0.2, 0) is 19.6 Å². The van der Waals surface area contributed by atoms with Crippen molar-refractivity contribution in [3.63, 3.8) is 0 Å². The summed E-state index contributed by atoms with van der Waals surface area (Å²) in [5, 5.41) is 11.6. The maximum Gasteiger partial charge on any atom is 0.243 e. The average molecular weight is 492 g/mol. The van der Waals surface area contributed by atoms with E-state index in [1.54, 1.807) is 44.2 Å². The van der Waals surface area contributed by atoms with Crippen LogP contribution in [-0.4, -0.2) is 57.8 Å². The van der Waals surface area contributed by atoms with Gasteiger partial charge in [-0.2, -0.15) is 4.31 Å². The number of carbonyl (C=O) groups is 2. The van der Waals surface area contributed by atoms with Gasteiger partial charge in [-0.25, -0.2) is 8.42 Å². The molecular weight excluding hydrogens is 458 g/mol. The number of anilines is 4. The molecule has 0 aromatic heterocycles. The van der Waals surface area contributed by atoms with Crippen molar-refractivity contribution >= 4 is 44.6 Å². The van der Waals surface area contributed by atoms with Gasteiger partial charge in [0.1, 0.15) is 5.75 Å². The van der Waals surface area contributed by atoms with Crippen molar-refractivity contribution in [3.8, 4) is 5.75 Å². The van der Waals surface area contributed by atoms with Gasteiger partial charge in [-0.1, -0.05) is 13.8 Å². The van der Waals surface area contributed by atoms with E-state index in [4.69, 9.17) is 4.74 Å². The number of hydrogen-bond donors (Lipinski definition) is 4. The van der Waals surface area contributed by atoms with Gasteiger partial charge in [-0.3, -0.25) is 9.59 Å². The lowest BCUT2D eigenvalue weighted by molar-refractivity contribution is -0.115. The zero-order valence-electron chi connectivity index (χ0n) is 20.2. The smallest absolute Gasteiger partial charge is 0.243 e. The Bertz CT molecular complexity index is 1120. The number of ether oxygens (including phenoxy) is 1. The first-order valence-electron chi connectivity index (χ1n) is 11.0. The molecule has 2 aromatic rings. The minimum absolute atomic E-state index is 0.124. The van der Waals surface area contributed by atoms with E-state index in [0.717, 1.165) is 0 Å². The van der Waals surface area contributed by atoms with Crippen LogP contribution in [0.15, 0.2) is 41.3 Å². The Morgan fingerprint density at radius 3 is 2.21 bits per heavy atom. The van der Waals surface area contributed by atoms with Crippen LogP contribution in [0.1, 0.15) is 27.7 Å². The molecule has 10 nitrogen and oxygen atoms in total. The van der Waals surface area contributed by atoms with Gasteiger partial charge in [0, 0.05) is 32.2 Å². The van der Waals surface area contributed by atoms with Crippen molar-refractivity contribution in [1.82, 2.24) is 4.31 Å². The Hall–Kier alpha value is -3.31. The molecule has 0 unspecified atom stereocenters. The van der Waals surface area contributed by atoms with Crippen LogP contribution in [0.3, 0.4) is 0 Å². The summed E-state index contributed by atoms with van der Waals surface area (Å²) in [5.41, 5.74) is 2.08. The van der Waals surface area contributed by atoms with Crippen molar-refractivity contribution < 1.29 is 22.7 Å². The van der Waals surface area contributed by atoms with Crippen molar-refractivity contribution in [1.29, 1.82) is 0 Å². The molecular formula is C23H33N5O5S. The van der Waals surface area contributed by atoms with E-state index in [2.05, 4.69) is 21.3 Å². The minimum atomic E-state index is -3.65. The number of sulfonamides is 1. The maximum absolute atomic E-state index is 12.9. The van der Waals surface area contributed by atoms with Gasteiger partial charge in [-0.05, 0) is 43.3 Å². The maximum atomic E-state index is 12.9. The number of benzene rings is 2. The molecule has 0 aliphatic carbocycles. The molecule has 0 heterocycles. The predicted octanol–water partition coefficient (Wildman–Crippen LogP) is 3.17. The third kappa shape index (κ3) is 6.84. The molecule has 0 saturated heterocycles. The molecule has 0 bridgehead atoms. The van der Waals surface area contributed by atoms with Gasteiger partial charge in [-0.15, -0.1) is 0 Å². The Kier molecular flexibility index (Phi) is 9.69. The molecule has 2 rings (SSSR count). The molecule has 0 atom stereocenters. The normalized spacial score (nSPS) is 11.1. The summed E-state index contributed by atoms with van der Waals surface area (Å²) in [6, 6.07) is 9.66. The van der Waals surface area contributed by atoms with Crippen LogP contribution in [0.2, 0.25) is 0 Å². The van der Waals surface area contributed by atoms with Crippen molar-refractivity contribution in [2.75, 3.05) is 54.6 Å². The van der Waals surface area contributed by atoms with Gasteiger partial charge >= 0.3 is 0 Å². The van der Waals surface area contributed by atoms with E-state index in [-0.39, 0.29) is 23.3 Å². The summed E-state index contributed by atoms with van der Waals surface area (Å²) in [6.07, 6.45) is 0. The van der Waals surface area contributed by atoms with Crippen molar-refractivity contribution in [2.45, 2.75) is 32.6 Å². The van der Waals surface area contributed by atoms with E-state index in [1.807, 2.05) is 6.92 Å². The van der Waals surface area contributed by atoms with E-state index >= 15 is 0 Å². The van der Waals surface area contributed by atoms with Gasteiger partial charge in [0.15, 0.2) is 0 Å². The topological polar surface area (TPSA) is 129 Å². The Labute approximate surface area is 201 Å². The number of amides is 2. The van der Waals surface area contributed by atoms with Crippen LogP contribution in [0, 0.1) is 0 Å². The van der Waals surface area contributed by atoms with Crippen LogP contribution in [0.5, 0.6) is 5.75 Å². The molecule has 0 radical (unpaired) electrons. The predicted molar refractivity (Wildman–Crippen MR) is 135 cm³/mol. The lowest BCUT2D eigenvalue weighted by Crippen LogP contribution is -2.30. The van der Waals surface area contributed by atoms with E-state index in [9.17, 15) is 18.0 Å². The number of hydrogen-bond acceptors (Lipinski definition) is 7. The van der Waals surface area contributed by atoms with Gasteiger partial charge < -0.3 is 26.0 Å². The molecule has 34 heavy (non-hydrogen) atoms. The average Bonchev–Trinajstić information content (AvgIpc) is 2.79. The first-order chi connectivity index (χ1) is 16.2. The molecule has 0 saturated carbocycles. The van der Waals surface area contributed by atoms with Crippen LogP contribution in [0.4, 0.5) is 22.7 Å². The van der Waals surface area contributed by atoms with Gasteiger partial charge in [0.2, 0.25) is 21.8 Å². The van der Waals surface area contributed by atoms with Crippen LogP contribution in [0.25, 0.3) is 0 Å². The number of methoxy groups -OCH3 is 1. The third-order valence-electron chi connectivity index (χ3n) is 4.93. The summed E-state index contributed by atoms with van der Waals surface area (Å²) < 4.78 is 32.5. The SMILES string of the molecule is CCNc1ccc(S(=O)(=O)N(CC)CC)cc1NCC(=O)Nc1cc(NC(C)=O)ccc1OC. The fourth-order valence-electron chi connectivity index (χ4n) is 3.34. The molecule has 4 N–H and O–H groups in total. The second-order valence-electron chi connectivity index (χ2n) is 7.33. The number of rotatable bonds is 12. The molecule has 0 aliphatic heterocycles. The van der Waals surface area contributed by atoms with Gasteiger partial charge in [0.05, 0.1) is 35.6 Å². The number of nitrogens with zero attached hydrogens (tertiary/aromatic N) is 1. The molecule has 0 aliphatic rings. The van der Waals surface area contributed by atoms with Crippen molar-refractivity contribution in [3.05, 3.63) is 36.4 Å². The highest BCUT2D eigenvalue weighted by Crippen LogP contribution is 2.29. The van der Waals surface area contributed by atoms with Crippen molar-refractivity contribution in [2.24, 2.45) is 0 Å². The quantitative estimate of drug-likeness (QED) is 0.359. The molecule has 186 valence electrons. The van der Waals surface area contributed by atoms with E-state index in [0.29, 0.717) is 48.1 Å². The Balaban J connectivity index is 2.23. The summed E-state index contributed by atoms with van der Waals surface area (Å²) in [7, 11) is -2.17. The molecule has 2 aromatic carbocycles. The molecule has 2 amide bonds. The molecule has 0 spiro atoms. The second kappa shape index (κ2) is 12.2. The standard InChI is InChI=1S/C23H33N5O5S/c1-6-24-19-11-10-18(34(31,32)28(7-2)8-3)14-20(19)25-15-23(30)27-21-13-17(26-16(4)29)9-12-22(21)33-5/h9-14,24-25H,6-8,15H2,1-5H3,(H,26,29)(H,27,30). The zero-order chi connectivity index (χ0) is 25.3. The monoisotopic (exact) mass is 491 g/mol. The second-order valence-corrected chi connectivity index (χ2v) is 9.26. The fourth-order valence-corrected chi connectivity index (χ4v) is 4.83. The lowest BCUT2D eigenvalue weighted by atomic mass is 10.2. The largest absolute Gasteiger partial charge is 0.495 e. The summed E-state index contributed by atoms with van der Waals surface area (Å²) >= 11 is 0. The summed E-state index contributed by atoms with van der Waals surface area (Å²) in [5.74, 6) is -0.180. The summed E-state index contributed by atoms with van der Waals surface area (Å²) in [4.78, 5) is 24.2. The molecule has 0 fully saturated rings. The first-order valence-corrected chi connectivity index (χ1v) is 12.5. The minimum Gasteiger partial charge on any atom is -0.495 e. The molecule has 11 heteroatoms. The van der Waals surface area contributed by atoms with Crippen LogP contribution >= 0.6 is 0 Å². The number of carbonyl (C=O) groups excluding carboxylic acids is 2. The highest BCUT2D eigenvalue weighted by molar-refractivity contribution is 7.89.